The van der Waals surface area contributed by atoms with Crippen LogP contribution in [0.2, 0.25) is 0 Å². The van der Waals surface area contributed by atoms with Crippen molar-refractivity contribution in [3.63, 3.8) is 0 Å². The minimum atomic E-state index is -0.274. The highest BCUT2D eigenvalue weighted by Crippen LogP contribution is 2.14. The first kappa shape index (κ1) is 17.3. The fourth-order valence-electron chi connectivity index (χ4n) is 2.80. The molecule has 7 heteroatoms. The Kier molecular flexibility index (Phi) is 5.63. The average Bonchev–Trinajstić information content (AvgIpc) is 2.90. The van der Waals surface area contributed by atoms with Crippen LogP contribution in [0.15, 0.2) is 6.07 Å². The van der Waals surface area contributed by atoms with Gasteiger partial charge in [0.2, 0.25) is 0 Å². The summed E-state index contributed by atoms with van der Waals surface area (Å²) in [5.74, 6) is -0.151. The summed E-state index contributed by atoms with van der Waals surface area (Å²) in [5.41, 5.74) is 1.42. The Labute approximate surface area is 137 Å². The summed E-state index contributed by atoms with van der Waals surface area (Å²) in [6, 6.07) is 2.10. The van der Waals surface area contributed by atoms with Gasteiger partial charge in [0.1, 0.15) is 5.69 Å². The van der Waals surface area contributed by atoms with E-state index in [-0.39, 0.29) is 24.1 Å². The molecule has 1 aromatic heterocycles. The lowest BCUT2D eigenvalue weighted by molar-refractivity contribution is 0.0856. The predicted molar refractivity (Wildman–Crippen MR) is 86.4 cm³/mol. The fourth-order valence-corrected chi connectivity index (χ4v) is 2.80. The second-order valence-electron chi connectivity index (χ2n) is 6.14. The van der Waals surface area contributed by atoms with Crippen molar-refractivity contribution in [1.82, 2.24) is 20.0 Å². The standard InChI is InChI=1S/C16H26N4O3/c1-5-23-16(22)19-8-6-13(7-9-19)17-15(21)14-10-12(4)20(18-14)11(2)3/h10-11,13H,5-9H2,1-4H3,(H,17,21). The Hall–Kier alpha value is -2.05. The van der Waals surface area contributed by atoms with Gasteiger partial charge in [-0.2, -0.15) is 5.10 Å². The van der Waals surface area contributed by atoms with E-state index in [0.29, 0.717) is 25.4 Å². The average molecular weight is 322 g/mol. The zero-order chi connectivity index (χ0) is 17.0. The maximum Gasteiger partial charge on any atom is 0.409 e. The molecule has 0 bridgehead atoms. The van der Waals surface area contributed by atoms with Gasteiger partial charge in [0.25, 0.3) is 5.91 Å². The molecule has 1 aromatic rings. The lowest BCUT2D eigenvalue weighted by Crippen LogP contribution is -2.46. The van der Waals surface area contributed by atoms with E-state index >= 15 is 0 Å². The molecule has 23 heavy (non-hydrogen) atoms. The van der Waals surface area contributed by atoms with Crippen LogP contribution in [0.3, 0.4) is 0 Å². The zero-order valence-electron chi connectivity index (χ0n) is 14.3. The molecule has 128 valence electrons. The molecule has 0 aromatic carbocycles. The molecule has 0 unspecified atom stereocenters. The summed E-state index contributed by atoms with van der Waals surface area (Å²) >= 11 is 0. The van der Waals surface area contributed by atoms with E-state index in [9.17, 15) is 9.59 Å². The van der Waals surface area contributed by atoms with Crippen molar-refractivity contribution in [3.05, 3.63) is 17.5 Å². The van der Waals surface area contributed by atoms with Crippen LogP contribution in [0, 0.1) is 6.92 Å². The van der Waals surface area contributed by atoms with Gasteiger partial charge in [-0.25, -0.2) is 4.79 Å². The number of hydrogen-bond acceptors (Lipinski definition) is 4. The number of hydrogen-bond donors (Lipinski definition) is 1. The van der Waals surface area contributed by atoms with E-state index in [2.05, 4.69) is 10.4 Å². The van der Waals surface area contributed by atoms with E-state index in [1.807, 2.05) is 31.5 Å². The first-order valence-electron chi connectivity index (χ1n) is 8.21. The zero-order valence-corrected chi connectivity index (χ0v) is 14.3. The van der Waals surface area contributed by atoms with Crippen LogP contribution in [0.1, 0.15) is 55.8 Å². The number of piperidine rings is 1. The number of likely N-dealkylation sites (tertiary alicyclic amines) is 1. The van der Waals surface area contributed by atoms with Gasteiger partial charge in [-0.1, -0.05) is 0 Å². The van der Waals surface area contributed by atoms with Gasteiger partial charge in [0, 0.05) is 30.9 Å². The van der Waals surface area contributed by atoms with Crippen molar-refractivity contribution in [2.75, 3.05) is 19.7 Å². The van der Waals surface area contributed by atoms with Gasteiger partial charge < -0.3 is 15.0 Å². The molecular weight excluding hydrogens is 296 g/mol. The summed E-state index contributed by atoms with van der Waals surface area (Å²) in [5, 5.41) is 7.37. The Morgan fingerprint density at radius 1 is 1.39 bits per heavy atom. The highest BCUT2D eigenvalue weighted by molar-refractivity contribution is 5.92. The minimum Gasteiger partial charge on any atom is -0.450 e. The number of aryl methyl sites for hydroxylation is 1. The number of carbonyl (C=O) groups is 2. The van der Waals surface area contributed by atoms with E-state index in [1.54, 1.807) is 11.8 Å². The fraction of sp³-hybridized carbons (Fsp3) is 0.688. The molecule has 1 saturated heterocycles. The molecule has 1 fully saturated rings. The summed E-state index contributed by atoms with van der Waals surface area (Å²) in [7, 11) is 0. The van der Waals surface area contributed by atoms with Crippen molar-refractivity contribution < 1.29 is 14.3 Å². The van der Waals surface area contributed by atoms with Crippen LogP contribution >= 0.6 is 0 Å². The van der Waals surface area contributed by atoms with E-state index < -0.39 is 0 Å². The molecule has 1 aliphatic rings. The third-order valence-electron chi connectivity index (χ3n) is 4.00. The summed E-state index contributed by atoms with van der Waals surface area (Å²) in [4.78, 5) is 25.7. The molecule has 0 atom stereocenters. The first-order chi connectivity index (χ1) is 10.9. The second-order valence-corrected chi connectivity index (χ2v) is 6.14. The predicted octanol–water partition coefficient (Wildman–Crippen LogP) is 2.12. The molecule has 2 rings (SSSR count). The Balaban J connectivity index is 1.87. The Bertz CT molecular complexity index is 560. The van der Waals surface area contributed by atoms with Crippen molar-refractivity contribution in [3.8, 4) is 0 Å². The highest BCUT2D eigenvalue weighted by atomic mass is 16.6. The van der Waals surface area contributed by atoms with E-state index in [0.717, 1.165) is 18.5 Å². The second kappa shape index (κ2) is 7.48. The van der Waals surface area contributed by atoms with Gasteiger partial charge in [-0.05, 0) is 46.6 Å². The highest BCUT2D eigenvalue weighted by Gasteiger charge is 2.25. The molecule has 0 spiro atoms. The molecular formula is C16H26N4O3. The van der Waals surface area contributed by atoms with Crippen molar-refractivity contribution in [1.29, 1.82) is 0 Å². The Morgan fingerprint density at radius 2 is 2.04 bits per heavy atom. The number of aromatic nitrogens is 2. The van der Waals surface area contributed by atoms with Crippen LogP contribution in [0.5, 0.6) is 0 Å². The number of nitrogens with one attached hydrogen (secondary N) is 1. The van der Waals surface area contributed by atoms with Crippen LogP contribution in [-0.4, -0.2) is 52.4 Å². The van der Waals surface area contributed by atoms with Crippen molar-refractivity contribution in [2.24, 2.45) is 0 Å². The number of ether oxygens (including phenoxy) is 1. The molecule has 0 saturated carbocycles. The van der Waals surface area contributed by atoms with Gasteiger partial charge in [-0.15, -0.1) is 0 Å². The topological polar surface area (TPSA) is 76.5 Å². The molecule has 7 nitrogen and oxygen atoms in total. The van der Waals surface area contributed by atoms with E-state index in [1.165, 1.54) is 0 Å². The maximum atomic E-state index is 12.3. The van der Waals surface area contributed by atoms with Crippen molar-refractivity contribution >= 4 is 12.0 Å². The van der Waals surface area contributed by atoms with Crippen molar-refractivity contribution in [2.45, 2.75) is 52.6 Å². The van der Waals surface area contributed by atoms with Crippen LogP contribution in [-0.2, 0) is 4.74 Å². The SMILES string of the molecule is CCOC(=O)N1CCC(NC(=O)c2cc(C)n(C(C)C)n2)CC1. The number of nitrogens with zero attached hydrogens (tertiary/aromatic N) is 3. The monoisotopic (exact) mass is 322 g/mol. The maximum absolute atomic E-state index is 12.3. The molecule has 1 N–H and O–H groups in total. The minimum absolute atomic E-state index is 0.0673. The number of rotatable bonds is 4. The van der Waals surface area contributed by atoms with Gasteiger partial charge in [0.05, 0.1) is 6.61 Å². The third kappa shape index (κ3) is 4.24. The number of carbonyl (C=O) groups excluding carboxylic acids is 2. The Morgan fingerprint density at radius 3 is 2.57 bits per heavy atom. The normalized spacial score (nSPS) is 15.8. The largest absolute Gasteiger partial charge is 0.450 e. The molecule has 0 radical (unpaired) electrons. The van der Waals surface area contributed by atoms with Crippen LogP contribution < -0.4 is 5.32 Å². The smallest absolute Gasteiger partial charge is 0.409 e. The van der Waals surface area contributed by atoms with Crippen LogP contribution in [0.4, 0.5) is 4.79 Å². The lowest BCUT2D eigenvalue weighted by Gasteiger charge is -2.31. The molecule has 2 amide bonds. The molecule has 0 aliphatic carbocycles. The van der Waals surface area contributed by atoms with Gasteiger partial charge >= 0.3 is 6.09 Å². The molecule has 2 heterocycles. The van der Waals surface area contributed by atoms with Gasteiger partial charge in [0.15, 0.2) is 0 Å². The number of amides is 2. The first-order valence-corrected chi connectivity index (χ1v) is 8.21. The quantitative estimate of drug-likeness (QED) is 0.921. The van der Waals surface area contributed by atoms with E-state index in [4.69, 9.17) is 4.74 Å². The van der Waals surface area contributed by atoms with Gasteiger partial charge in [-0.3, -0.25) is 9.48 Å². The third-order valence-corrected chi connectivity index (χ3v) is 4.00. The summed E-state index contributed by atoms with van der Waals surface area (Å²) < 4.78 is 6.84. The summed E-state index contributed by atoms with van der Waals surface area (Å²) in [6.45, 7) is 9.39. The van der Waals surface area contributed by atoms with Crippen LogP contribution in [0.25, 0.3) is 0 Å². The molecule has 1 aliphatic heterocycles. The summed E-state index contributed by atoms with van der Waals surface area (Å²) in [6.07, 6.45) is 1.19. The lowest BCUT2D eigenvalue weighted by atomic mass is 10.1.